The molecule has 2 aromatic carbocycles. The molecule has 0 aliphatic rings. The molecule has 0 unspecified atom stereocenters. The third-order valence-electron chi connectivity index (χ3n) is 3.75. The third-order valence-corrected chi connectivity index (χ3v) is 4.58. The van der Waals surface area contributed by atoms with Crippen LogP contribution in [0.2, 0.25) is 0 Å². The van der Waals surface area contributed by atoms with Crippen LogP contribution >= 0.6 is 15.9 Å². The predicted octanol–water partition coefficient (Wildman–Crippen LogP) is 6.31. The van der Waals surface area contributed by atoms with Crippen LogP contribution < -0.4 is 0 Å². The summed E-state index contributed by atoms with van der Waals surface area (Å²) in [7, 11) is 0. The Morgan fingerprint density at radius 2 is 1.68 bits per heavy atom. The van der Waals surface area contributed by atoms with Gasteiger partial charge >= 0.3 is 0 Å². The Kier molecular flexibility index (Phi) is 8.65. The zero-order valence-electron chi connectivity index (χ0n) is 15.0. The number of hydrogen-bond donors (Lipinski definition) is 0. The van der Waals surface area contributed by atoms with Crippen molar-refractivity contribution in [3.8, 4) is 22.5 Å². The SMILES string of the molecule is Cc1cc(-c2[c-]cc(F)cc2)ncc1Br.[Ir].[c-]1ccccc1-c1ccccn1. The molecule has 5 heteroatoms. The van der Waals surface area contributed by atoms with Crippen molar-refractivity contribution in [1.29, 1.82) is 0 Å². The van der Waals surface area contributed by atoms with Gasteiger partial charge in [-0.25, -0.2) is 0 Å². The molecule has 28 heavy (non-hydrogen) atoms. The average molecular weight is 612 g/mol. The minimum absolute atomic E-state index is 0. The van der Waals surface area contributed by atoms with Crippen LogP contribution in [0.3, 0.4) is 0 Å². The van der Waals surface area contributed by atoms with Gasteiger partial charge in [-0.2, -0.15) is 0 Å². The van der Waals surface area contributed by atoms with Gasteiger partial charge in [0.05, 0.1) is 0 Å². The molecule has 4 aromatic rings. The Bertz CT molecular complexity index is 956. The molecule has 0 fully saturated rings. The van der Waals surface area contributed by atoms with Crippen molar-refractivity contribution in [3.63, 3.8) is 0 Å². The normalized spacial score (nSPS) is 9.68. The van der Waals surface area contributed by atoms with Gasteiger partial charge in [-0.15, -0.1) is 65.7 Å². The van der Waals surface area contributed by atoms with E-state index in [1.54, 1.807) is 18.5 Å². The van der Waals surface area contributed by atoms with E-state index in [1.165, 1.54) is 12.1 Å². The second kappa shape index (κ2) is 11.0. The van der Waals surface area contributed by atoms with Crippen LogP contribution in [0.1, 0.15) is 5.56 Å². The van der Waals surface area contributed by atoms with E-state index < -0.39 is 0 Å². The van der Waals surface area contributed by atoms with Crippen molar-refractivity contribution in [1.82, 2.24) is 9.97 Å². The van der Waals surface area contributed by atoms with Gasteiger partial charge in [0.1, 0.15) is 0 Å². The summed E-state index contributed by atoms with van der Waals surface area (Å²) >= 11 is 3.38. The topological polar surface area (TPSA) is 25.8 Å². The quantitative estimate of drug-likeness (QED) is 0.249. The number of halogens is 2. The molecule has 2 heterocycles. The van der Waals surface area contributed by atoms with Crippen molar-refractivity contribution >= 4 is 15.9 Å². The molecule has 0 saturated heterocycles. The standard InChI is InChI=1S/C12H8BrFN.C11H8N.Ir/c1-8-6-12(15-7-11(8)13)9-2-4-10(14)5-3-9;1-2-6-10(7-3-1)11-8-4-5-9-12-11;/h2,4-7H,1H3;1-6,8-9H;/q2*-1;. The number of benzene rings is 2. The molecule has 0 spiro atoms. The van der Waals surface area contributed by atoms with Crippen LogP contribution in [-0.4, -0.2) is 9.97 Å². The summed E-state index contributed by atoms with van der Waals surface area (Å²) in [5.41, 5.74) is 4.71. The number of aryl methyl sites for hydroxylation is 1. The average Bonchev–Trinajstić information content (AvgIpc) is 2.72. The van der Waals surface area contributed by atoms with E-state index in [-0.39, 0.29) is 25.9 Å². The number of rotatable bonds is 2. The summed E-state index contributed by atoms with van der Waals surface area (Å²) in [4.78, 5) is 8.46. The summed E-state index contributed by atoms with van der Waals surface area (Å²) < 4.78 is 13.7. The zero-order chi connectivity index (χ0) is 19.1. The van der Waals surface area contributed by atoms with E-state index in [0.29, 0.717) is 0 Å². The van der Waals surface area contributed by atoms with E-state index >= 15 is 0 Å². The molecule has 0 N–H and O–H groups in total. The van der Waals surface area contributed by atoms with E-state index in [4.69, 9.17) is 0 Å². The number of pyridine rings is 2. The Morgan fingerprint density at radius 3 is 2.29 bits per heavy atom. The first-order chi connectivity index (χ1) is 13.1. The van der Waals surface area contributed by atoms with Gasteiger partial charge in [-0.05, 0) is 45.9 Å². The molecule has 1 radical (unpaired) electrons. The number of aromatic nitrogens is 2. The van der Waals surface area contributed by atoms with Crippen LogP contribution in [0.4, 0.5) is 4.39 Å². The van der Waals surface area contributed by atoms with E-state index in [9.17, 15) is 4.39 Å². The molecular weight excluding hydrogens is 595 g/mol. The van der Waals surface area contributed by atoms with E-state index in [0.717, 1.165) is 32.6 Å². The molecule has 0 amide bonds. The fourth-order valence-corrected chi connectivity index (χ4v) is 2.54. The Morgan fingerprint density at radius 1 is 0.893 bits per heavy atom. The van der Waals surface area contributed by atoms with Crippen LogP contribution in [0.25, 0.3) is 22.5 Å². The van der Waals surface area contributed by atoms with Crippen LogP contribution in [0.5, 0.6) is 0 Å². The molecule has 2 nitrogen and oxygen atoms in total. The maximum Gasteiger partial charge on any atom is 0.0379 e. The fraction of sp³-hybridized carbons (Fsp3) is 0.0435. The number of hydrogen-bond acceptors (Lipinski definition) is 2. The molecular formula is C23H16BrFIrN2-2. The molecule has 143 valence electrons. The molecule has 2 aromatic heterocycles. The monoisotopic (exact) mass is 611 g/mol. The summed E-state index contributed by atoms with van der Waals surface area (Å²) in [6, 6.07) is 26.0. The van der Waals surface area contributed by atoms with E-state index in [2.05, 4.69) is 38.0 Å². The van der Waals surface area contributed by atoms with Crippen molar-refractivity contribution < 1.29 is 24.5 Å². The van der Waals surface area contributed by atoms with Crippen molar-refractivity contribution in [2.24, 2.45) is 0 Å². The summed E-state index contributed by atoms with van der Waals surface area (Å²) in [5, 5.41) is 0. The van der Waals surface area contributed by atoms with Crippen LogP contribution in [0.15, 0.2) is 83.6 Å². The second-order valence-corrected chi connectivity index (χ2v) is 6.58. The van der Waals surface area contributed by atoms with Gasteiger partial charge in [0.2, 0.25) is 0 Å². The second-order valence-electron chi connectivity index (χ2n) is 5.73. The van der Waals surface area contributed by atoms with Gasteiger partial charge < -0.3 is 9.97 Å². The molecule has 0 aliphatic carbocycles. The van der Waals surface area contributed by atoms with Gasteiger partial charge in [-0.1, -0.05) is 18.2 Å². The predicted molar refractivity (Wildman–Crippen MR) is 109 cm³/mol. The summed E-state index contributed by atoms with van der Waals surface area (Å²) in [6.07, 6.45) is 3.53. The number of nitrogens with zero attached hydrogens (tertiary/aromatic N) is 2. The van der Waals surface area contributed by atoms with Gasteiger partial charge in [0, 0.05) is 42.8 Å². The minimum Gasteiger partial charge on any atom is -0.305 e. The Labute approximate surface area is 186 Å². The maximum absolute atomic E-state index is 12.7. The van der Waals surface area contributed by atoms with Crippen LogP contribution in [-0.2, 0) is 20.1 Å². The van der Waals surface area contributed by atoms with Crippen LogP contribution in [0, 0.1) is 24.9 Å². The van der Waals surface area contributed by atoms with Crippen molar-refractivity contribution in [3.05, 3.63) is 107 Å². The van der Waals surface area contributed by atoms with Gasteiger partial charge in [-0.3, -0.25) is 4.39 Å². The zero-order valence-corrected chi connectivity index (χ0v) is 19.0. The fourth-order valence-electron chi connectivity index (χ4n) is 2.33. The first-order valence-corrected chi connectivity index (χ1v) is 9.10. The first-order valence-electron chi connectivity index (χ1n) is 8.31. The first kappa shape index (κ1) is 22.1. The molecule has 0 saturated carbocycles. The van der Waals surface area contributed by atoms with E-state index in [1.807, 2.05) is 55.5 Å². The maximum atomic E-state index is 12.7. The minimum atomic E-state index is -0.285. The summed E-state index contributed by atoms with van der Waals surface area (Å²) in [6.45, 7) is 1.98. The van der Waals surface area contributed by atoms with Crippen molar-refractivity contribution in [2.45, 2.75) is 6.92 Å². The molecule has 4 rings (SSSR count). The van der Waals surface area contributed by atoms with Crippen molar-refractivity contribution in [2.75, 3.05) is 0 Å². The summed E-state index contributed by atoms with van der Waals surface area (Å²) in [5.74, 6) is -0.285. The van der Waals surface area contributed by atoms with Gasteiger partial charge in [0.25, 0.3) is 0 Å². The molecule has 0 bridgehead atoms. The Hall–Kier alpha value is -2.20. The third kappa shape index (κ3) is 6.16. The van der Waals surface area contributed by atoms with Gasteiger partial charge in [0.15, 0.2) is 0 Å². The smallest absolute Gasteiger partial charge is 0.0379 e. The Balaban J connectivity index is 0.000000198. The largest absolute Gasteiger partial charge is 0.305 e. The molecule has 0 aliphatic heterocycles. The molecule has 0 atom stereocenters.